The number of carbonyl (C=O) groups excluding carboxylic acids is 2. The Morgan fingerprint density at radius 1 is 1.33 bits per heavy atom. The van der Waals surface area contributed by atoms with Crippen molar-refractivity contribution in [2.24, 2.45) is 0 Å². The molecule has 0 aromatic carbocycles. The van der Waals surface area contributed by atoms with Crippen molar-refractivity contribution in [1.29, 1.82) is 0 Å². The summed E-state index contributed by atoms with van der Waals surface area (Å²) in [5.74, 6) is -0.716. The van der Waals surface area contributed by atoms with Crippen LogP contribution in [0.25, 0.3) is 4.96 Å². The molecule has 1 amide bonds. The van der Waals surface area contributed by atoms with Crippen molar-refractivity contribution >= 4 is 44.5 Å². The van der Waals surface area contributed by atoms with Gasteiger partial charge in [-0.15, -0.1) is 22.7 Å². The van der Waals surface area contributed by atoms with Gasteiger partial charge in [0.15, 0.2) is 4.96 Å². The van der Waals surface area contributed by atoms with Gasteiger partial charge in [0.05, 0.1) is 11.3 Å². The van der Waals surface area contributed by atoms with E-state index in [0.29, 0.717) is 21.2 Å². The monoisotopic (exact) mass is 403 g/mol. The van der Waals surface area contributed by atoms with Gasteiger partial charge in [-0.3, -0.25) is 14.0 Å². The zero-order chi connectivity index (χ0) is 19.0. The van der Waals surface area contributed by atoms with E-state index < -0.39 is 5.97 Å². The van der Waals surface area contributed by atoms with Gasteiger partial charge >= 0.3 is 5.97 Å². The lowest BCUT2D eigenvalue weighted by Crippen LogP contribution is -2.16. The summed E-state index contributed by atoms with van der Waals surface area (Å²) in [7, 11) is 0. The van der Waals surface area contributed by atoms with Crippen LogP contribution in [0.2, 0.25) is 0 Å². The Morgan fingerprint density at radius 3 is 2.96 bits per heavy atom. The first-order valence-electron chi connectivity index (χ1n) is 8.58. The quantitative estimate of drug-likeness (QED) is 0.677. The molecule has 1 N–H and O–H groups in total. The summed E-state index contributed by atoms with van der Waals surface area (Å²) in [5.41, 5.74) is 1.61. The maximum atomic E-state index is 12.8. The number of esters is 1. The molecule has 4 rings (SSSR count). The number of fused-ring (bicyclic) bond motifs is 2. The normalized spacial score (nSPS) is 13.4. The average molecular weight is 403 g/mol. The highest BCUT2D eigenvalue weighted by molar-refractivity contribution is 7.17. The van der Waals surface area contributed by atoms with Crippen LogP contribution in [0.15, 0.2) is 22.4 Å². The Labute approximate surface area is 162 Å². The van der Waals surface area contributed by atoms with E-state index in [0.717, 1.165) is 36.1 Å². The molecule has 0 unspecified atom stereocenters. The second-order valence-electron chi connectivity index (χ2n) is 6.31. The predicted molar refractivity (Wildman–Crippen MR) is 104 cm³/mol. The van der Waals surface area contributed by atoms with Crippen LogP contribution in [0.4, 0.5) is 5.00 Å². The number of aryl methyl sites for hydroxylation is 1. The molecule has 3 heterocycles. The van der Waals surface area contributed by atoms with Crippen LogP contribution >= 0.6 is 22.7 Å². The van der Waals surface area contributed by atoms with Crippen molar-refractivity contribution in [2.75, 3.05) is 5.32 Å². The van der Waals surface area contributed by atoms with Crippen LogP contribution in [-0.4, -0.2) is 21.3 Å². The van der Waals surface area contributed by atoms with Crippen LogP contribution in [0.5, 0.6) is 0 Å². The molecule has 140 valence electrons. The second kappa shape index (κ2) is 7.24. The standard InChI is InChI=1S/C18H17N3O4S2/c1-10(22)19-16-15(12-4-2-3-5-13(12)27-16)17(24)25-9-11-8-14(23)21-6-7-26-18(21)20-11/h6-8H,2-5,9H2,1H3,(H,19,22). The zero-order valence-corrected chi connectivity index (χ0v) is 16.2. The molecule has 3 aromatic rings. The molecule has 0 saturated carbocycles. The van der Waals surface area contributed by atoms with Crippen molar-refractivity contribution in [2.45, 2.75) is 39.2 Å². The fourth-order valence-corrected chi connectivity index (χ4v) is 5.27. The van der Waals surface area contributed by atoms with Gasteiger partial charge in [-0.2, -0.15) is 0 Å². The van der Waals surface area contributed by atoms with E-state index in [1.165, 1.54) is 40.1 Å². The summed E-state index contributed by atoms with van der Waals surface area (Å²) in [6.07, 6.45) is 5.46. The van der Waals surface area contributed by atoms with E-state index >= 15 is 0 Å². The average Bonchev–Trinajstić information content (AvgIpc) is 3.23. The lowest BCUT2D eigenvalue weighted by molar-refractivity contribution is -0.114. The van der Waals surface area contributed by atoms with Crippen molar-refractivity contribution in [3.05, 3.63) is 49.7 Å². The number of hydrogen-bond donors (Lipinski definition) is 1. The largest absolute Gasteiger partial charge is 0.455 e. The summed E-state index contributed by atoms with van der Waals surface area (Å²) < 4.78 is 6.90. The molecule has 0 aliphatic heterocycles. The van der Waals surface area contributed by atoms with Gasteiger partial charge in [0, 0.05) is 29.4 Å². The summed E-state index contributed by atoms with van der Waals surface area (Å²) in [6, 6.07) is 1.37. The number of ether oxygens (including phenoxy) is 1. The third kappa shape index (κ3) is 3.52. The second-order valence-corrected chi connectivity index (χ2v) is 8.29. The Balaban J connectivity index is 1.59. The maximum Gasteiger partial charge on any atom is 0.341 e. The minimum atomic E-state index is -0.494. The Bertz CT molecular complexity index is 1100. The fraction of sp³-hybridized carbons (Fsp3) is 0.333. The molecule has 1 aliphatic carbocycles. The number of anilines is 1. The molecule has 0 bridgehead atoms. The minimum Gasteiger partial charge on any atom is -0.455 e. The summed E-state index contributed by atoms with van der Waals surface area (Å²) >= 11 is 2.79. The van der Waals surface area contributed by atoms with Gasteiger partial charge in [0.25, 0.3) is 5.56 Å². The Hall–Kier alpha value is -2.52. The van der Waals surface area contributed by atoms with Gasteiger partial charge < -0.3 is 10.1 Å². The number of amides is 1. The number of thiazole rings is 1. The highest BCUT2D eigenvalue weighted by Crippen LogP contribution is 2.38. The van der Waals surface area contributed by atoms with E-state index in [9.17, 15) is 14.4 Å². The number of rotatable bonds is 4. The van der Waals surface area contributed by atoms with Gasteiger partial charge in [-0.1, -0.05) is 0 Å². The van der Waals surface area contributed by atoms with Crippen LogP contribution < -0.4 is 10.9 Å². The molecule has 3 aromatic heterocycles. The SMILES string of the molecule is CC(=O)Nc1sc2c(c1C(=O)OCc1cc(=O)n3ccsc3n1)CCCC2. The molecule has 0 fully saturated rings. The van der Waals surface area contributed by atoms with Crippen LogP contribution in [0.1, 0.15) is 46.3 Å². The van der Waals surface area contributed by atoms with Crippen molar-refractivity contribution < 1.29 is 14.3 Å². The lowest BCUT2D eigenvalue weighted by atomic mass is 9.95. The smallest absolute Gasteiger partial charge is 0.341 e. The van der Waals surface area contributed by atoms with Gasteiger partial charge in [0.1, 0.15) is 11.6 Å². The highest BCUT2D eigenvalue weighted by Gasteiger charge is 2.27. The number of thiophene rings is 1. The van der Waals surface area contributed by atoms with Crippen LogP contribution in [0, 0.1) is 0 Å². The first-order chi connectivity index (χ1) is 13.0. The van der Waals surface area contributed by atoms with E-state index in [2.05, 4.69) is 10.3 Å². The fourth-order valence-electron chi connectivity index (χ4n) is 3.20. The molecule has 1 aliphatic rings. The van der Waals surface area contributed by atoms with Gasteiger partial charge in [0.2, 0.25) is 5.91 Å². The van der Waals surface area contributed by atoms with E-state index in [-0.39, 0.29) is 18.1 Å². The molecule has 7 nitrogen and oxygen atoms in total. The van der Waals surface area contributed by atoms with E-state index in [1.807, 2.05) is 0 Å². The Kier molecular flexibility index (Phi) is 4.79. The Morgan fingerprint density at radius 2 is 2.15 bits per heavy atom. The third-order valence-electron chi connectivity index (χ3n) is 4.37. The number of carbonyl (C=O) groups is 2. The van der Waals surface area contributed by atoms with Crippen LogP contribution in [-0.2, 0) is 29.0 Å². The van der Waals surface area contributed by atoms with Crippen molar-refractivity contribution in [3.8, 4) is 0 Å². The predicted octanol–water partition coefficient (Wildman–Crippen LogP) is 3.01. The van der Waals surface area contributed by atoms with Gasteiger partial charge in [-0.25, -0.2) is 9.78 Å². The number of aromatic nitrogens is 2. The topological polar surface area (TPSA) is 89.8 Å². The molecule has 0 spiro atoms. The summed E-state index contributed by atoms with van der Waals surface area (Å²) in [4.78, 5) is 42.4. The summed E-state index contributed by atoms with van der Waals surface area (Å²) in [6.45, 7) is 1.33. The number of nitrogens with one attached hydrogen (secondary N) is 1. The number of hydrogen-bond acceptors (Lipinski definition) is 7. The molecule has 0 atom stereocenters. The molecule has 0 saturated heterocycles. The molecule has 9 heteroatoms. The van der Waals surface area contributed by atoms with Crippen LogP contribution in [0.3, 0.4) is 0 Å². The third-order valence-corrected chi connectivity index (χ3v) is 6.34. The number of nitrogens with zero attached hydrogens (tertiary/aromatic N) is 2. The first-order valence-corrected chi connectivity index (χ1v) is 10.3. The van der Waals surface area contributed by atoms with Crippen molar-refractivity contribution in [3.63, 3.8) is 0 Å². The lowest BCUT2D eigenvalue weighted by Gasteiger charge is -2.12. The van der Waals surface area contributed by atoms with E-state index in [1.54, 1.807) is 11.6 Å². The minimum absolute atomic E-state index is 0.0907. The first kappa shape index (κ1) is 17.9. The van der Waals surface area contributed by atoms with E-state index in [4.69, 9.17) is 4.74 Å². The molecule has 27 heavy (non-hydrogen) atoms. The summed E-state index contributed by atoms with van der Waals surface area (Å²) in [5, 5.41) is 5.07. The molecular formula is C18H17N3O4S2. The molecular weight excluding hydrogens is 386 g/mol. The molecule has 0 radical (unpaired) electrons. The van der Waals surface area contributed by atoms with Crippen molar-refractivity contribution in [1.82, 2.24) is 9.38 Å². The maximum absolute atomic E-state index is 12.8. The highest BCUT2D eigenvalue weighted by atomic mass is 32.1. The van der Waals surface area contributed by atoms with Gasteiger partial charge in [-0.05, 0) is 31.2 Å². The zero-order valence-electron chi connectivity index (χ0n) is 14.6.